The summed E-state index contributed by atoms with van der Waals surface area (Å²) in [5, 5.41) is 4.67. The molecule has 3 aromatic carbocycles. The van der Waals surface area contributed by atoms with Crippen LogP contribution in [0.4, 0.5) is 5.69 Å². The minimum absolute atomic E-state index is 0.306. The molecule has 0 unspecified atom stereocenters. The third kappa shape index (κ3) is 5.14. The van der Waals surface area contributed by atoms with Crippen LogP contribution in [0, 0.1) is 6.92 Å². The molecule has 0 bridgehead atoms. The highest BCUT2D eigenvalue weighted by atomic mass is 16.6. The minimum atomic E-state index is -0.513. The number of fused-ring (bicyclic) bond motifs is 1. The molecule has 1 heterocycles. The van der Waals surface area contributed by atoms with Gasteiger partial charge in [0.1, 0.15) is 5.60 Å². The zero-order valence-electron chi connectivity index (χ0n) is 19.0. The fourth-order valence-corrected chi connectivity index (χ4v) is 3.63. The molecule has 0 atom stereocenters. The van der Waals surface area contributed by atoms with Gasteiger partial charge in [-0.2, -0.15) is 0 Å². The van der Waals surface area contributed by atoms with Crippen molar-refractivity contribution >= 4 is 22.6 Å². The zero-order chi connectivity index (χ0) is 22.7. The van der Waals surface area contributed by atoms with E-state index in [-0.39, 0.29) is 5.97 Å². The monoisotopic (exact) mass is 424 g/mol. The summed E-state index contributed by atoms with van der Waals surface area (Å²) >= 11 is 0. The highest BCUT2D eigenvalue weighted by Crippen LogP contribution is 2.25. The lowest BCUT2D eigenvalue weighted by Crippen LogP contribution is -2.23. The van der Waals surface area contributed by atoms with E-state index in [1.807, 2.05) is 64.1 Å². The van der Waals surface area contributed by atoms with E-state index in [0.29, 0.717) is 12.1 Å². The lowest BCUT2D eigenvalue weighted by Gasteiger charge is -2.19. The number of nitrogens with one attached hydrogen (secondary N) is 1. The van der Waals surface area contributed by atoms with Crippen molar-refractivity contribution in [3.05, 3.63) is 95.7 Å². The van der Waals surface area contributed by atoms with Gasteiger partial charge in [0.2, 0.25) is 0 Å². The molecule has 0 saturated carbocycles. The summed E-state index contributed by atoms with van der Waals surface area (Å²) < 4.78 is 5.49. The van der Waals surface area contributed by atoms with Gasteiger partial charge in [0.05, 0.1) is 11.1 Å². The standard InChI is InChI=1S/C28H28N2O2/c1-19-16-26(24-10-5-6-11-25(24)30-19)29-18-20-12-14-21(15-13-20)22-8-7-9-23(17-22)27(31)32-28(2,3)4/h5-17H,18H2,1-4H3,(H,29,30). The summed E-state index contributed by atoms with van der Waals surface area (Å²) in [6, 6.07) is 26.2. The van der Waals surface area contributed by atoms with Crippen LogP contribution >= 0.6 is 0 Å². The molecule has 4 heteroatoms. The Bertz CT molecular complexity index is 1250. The van der Waals surface area contributed by atoms with Crippen molar-refractivity contribution in [2.45, 2.75) is 39.8 Å². The quantitative estimate of drug-likeness (QED) is 0.359. The highest BCUT2D eigenvalue weighted by Gasteiger charge is 2.18. The van der Waals surface area contributed by atoms with Crippen LogP contribution < -0.4 is 5.32 Å². The number of carbonyl (C=O) groups is 1. The molecule has 0 saturated heterocycles. The number of anilines is 1. The van der Waals surface area contributed by atoms with Crippen LogP contribution in [-0.4, -0.2) is 16.6 Å². The SMILES string of the molecule is Cc1cc(NCc2ccc(-c3cccc(C(=O)OC(C)(C)C)c3)cc2)c2ccccc2n1. The topological polar surface area (TPSA) is 51.2 Å². The second-order valence-corrected chi connectivity index (χ2v) is 8.96. The van der Waals surface area contributed by atoms with E-state index in [0.717, 1.165) is 33.4 Å². The van der Waals surface area contributed by atoms with Gasteiger partial charge in [-0.05, 0) is 68.7 Å². The summed E-state index contributed by atoms with van der Waals surface area (Å²) in [4.78, 5) is 17.0. The first-order valence-corrected chi connectivity index (χ1v) is 10.8. The van der Waals surface area contributed by atoms with E-state index in [1.54, 1.807) is 6.07 Å². The predicted molar refractivity (Wildman–Crippen MR) is 131 cm³/mol. The first kappa shape index (κ1) is 21.6. The van der Waals surface area contributed by atoms with Gasteiger partial charge in [0, 0.05) is 23.3 Å². The van der Waals surface area contributed by atoms with Crippen LogP contribution in [0.25, 0.3) is 22.0 Å². The highest BCUT2D eigenvalue weighted by molar-refractivity contribution is 5.92. The second kappa shape index (κ2) is 8.83. The van der Waals surface area contributed by atoms with Gasteiger partial charge in [0.15, 0.2) is 0 Å². The molecule has 162 valence electrons. The first-order valence-electron chi connectivity index (χ1n) is 10.8. The molecule has 0 aliphatic rings. The van der Waals surface area contributed by atoms with Crippen molar-refractivity contribution < 1.29 is 9.53 Å². The molecule has 4 nitrogen and oxygen atoms in total. The number of carbonyl (C=O) groups excluding carboxylic acids is 1. The second-order valence-electron chi connectivity index (χ2n) is 8.96. The Morgan fingerprint density at radius 3 is 2.41 bits per heavy atom. The van der Waals surface area contributed by atoms with Gasteiger partial charge in [-0.3, -0.25) is 4.98 Å². The average Bonchev–Trinajstić information content (AvgIpc) is 2.76. The van der Waals surface area contributed by atoms with Crippen LogP contribution in [0.15, 0.2) is 78.9 Å². The smallest absolute Gasteiger partial charge is 0.338 e. The number of aryl methyl sites for hydroxylation is 1. The zero-order valence-corrected chi connectivity index (χ0v) is 19.0. The summed E-state index contributed by atoms with van der Waals surface area (Å²) in [7, 11) is 0. The maximum Gasteiger partial charge on any atom is 0.338 e. The summed E-state index contributed by atoms with van der Waals surface area (Å²) in [5.74, 6) is -0.306. The van der Waals surface area contributed by atoms with Crippen molar-refractivity contribution in [1.82, 2.24) is 4.98 Å². The number of aromatic nitrogens is 1. The predicted octanol–water partition coefficient (Wildman–Crippen LogP) is 6.78. The van der Waals surface area contributed by atoms with Crippen LogP contribution in [0.3, 0.4) is 0 Å². The minimum Gasteiger partial charge on any atom is -0.456 e. The number of nitrogens with zero attached hydrogens (tertiary/aromatic N) is 1. The van der Waals surface area contributed by atoms with Crippen molar-refractivity contribution in [1.29, 1.82) is 0 Å². The molecule has 0 radical (unpaired) electrons. The molecular formula is C28H28N2O2. The Morgan fingerprint density at radius 2 is 1.66 bits per heavy atom. The lowest BCUT2D eigenvalue weighted by atomic mass is 10.0. The maximum atomic E-state index is 12.4. The van der Waals surface area contributed by atoms with Crippen molar-refractivity contribution in [3.8, 4) is 11.1 Å². The summed E-state index contributed by atoms with van der Waals surface area (Å²) in [6.45, 7) is 8.34. The molecule has 0 amide bonds. The number of esters is 1. The molecule has 0 spiro atoms. The number of hydrogen-bond donors (Lipinski definition) is 1. The molecular weight excluding hydrogens is 396 g/mol. The van der Waals surface area contributed by atoms with Crippen molar-refractivity contribution in [2.75, 3.05) is 5.32 Å². The normalized spacial score (nSPS) is 11.4. The van der Waals surface area contributed by atoms with E-state index in [4.69, 9.17) is 4.74 Å². The van der Waals surface area contributed by atoms with Crippen LogP contribution in [0.2, 0.25) is 0 Å². The molecule has 32 heavy (non-hydrogen) atoms. The lowest BCUT2D eigenvalue weighted by molar-refractivity contribution is 0.00696. The number of ether oxygens (including phenoxy) is 1. The molecule has 0 aliphatic heterocycles. The third-order valence-corrected chi connectivity index (χ3v) is 5.11. The average molecular weight is 425 g/mol. The van der Waals surface area contributed by atoms with Gasteiger partial charge < -0.3 is 10.1 Å². The third-order valence-electron chi connectivity index (χ3n) is 5.11. The fourth-order valence-electron chi connectivity index (χ4n) is 3.63. The number of pyridine rings is 1. The van der Waals surface area contributed by atoms with E-state index in [1.165, 1.54) is 5.56 Å². The largest absolute Gasteiger partial charge is 0.456 e. The van der Waals surface area contributed by atoms with Gasteiger partial charge in [-0.25, -0.2) is 4.79 Å². The fraction of sp³-hybridized carbons (Fsp3) is 0.214. The van der Waals surface area contributed by atoms with Gasteiger partial charge >= 0.3 is 5.97 Å². The maximum absolute atomic E-state index is 12.4. The summed E-state index contributed by atoms with van der Waals surface area (Å²) in [5.41, 5.74) is 6.34. The summed E-state index contributed by atoms with van der Waals surface area (Å²) in [6.07, 6.45) is 0. The number of benzene rings is 3. The van der Waals surface area contributed by atoms with E-state index in [2.05, 4.69) is 46.7 Å². The van der Waals surface area contributed by atoms with Crippen molar-refractivity contribution in [2.24, 2.45) is 0 Å². The Morgan fingerprint density at radius 1 is 0.906 bits per heavy atom. The molecule has 0 fully saturated rings. The van der Waals surface area contributed by atoms with Gasteiger partial charge in [-0.15, -0.1) is 0 Å². The van der Waals surface area contributed by atoms with Gasteiger partial charge in [-0.1, -0.05) is 54.6 Å². The van der Waals surface area contributed by atoms with E-state index < -0.39 is 5.60 Å². The Hall–Kier alpha value is -3.66. The van der Waals surface area contributed by atoms with Crippen LogP contribution in [0.1, 0.15) is 42.4 Å². The Labute approximate surface area is 189 Å². The Balaban J connectivity index is 1.49. The van der Waals surface area contributed by atoms with E-state index >= 15 is 0 Å². The molecule has 1 aromatic heterocycles. The molecule has 4 rings (SSSR count). The van der Waals surface area contributed by atoms with Gasteiger partial charge in [0.25, 0.3) is 0 Å². The molecule has 4 aromatic rings. The number of para-hydroxylation sites is 1. The number of hydrogen-bond acceptors (Lipinski definition) is 4. The van der Waals surface area contributed by atoms with Crippen LogP contribution in [-0.2, 0) is 11.3 Å². The Kier molecular flexibility index (Phi) is 5.95. The molecule has 0 aliphatic carbocycles. The van der Waals surface area contributed by atoms with Crippen molar-refractivity contribution in [3.63, 3.8) is 0 Å². The first-order chi connectivity index (χ1) is 15.3. The molecule has 1 N–H and O–H groups in total. The van der Waals surface area contributed by atoms with Crippen LogP contribution in [0.5, 0.6) is 0 Å². The van der Waals surface area contributed by atoms with E-state index in [9.17, 15) is 4.79 Å². The number of rotatable bonds is 5.